The van der Waals surface area contributed by atoms with Crippen molar-refractivity contribution in [2.45, 2.75) is 50.4 Å². The number of ether oxygens (including phenoxy) is 1. The molecule has 4 aliphatic rings. The highest BCUT2D eigenvalue weighted by atomic mass is 16.5. The Balaban J connectivity index is 1.40. The number of amides is 1. The van der Waals surface area contributed by atoms with Crippen LogP contribution < -0.4 is 16.2 Å². The van der Waals surface area contributed by atoms with Crippen LogP contribution in [0.2, 0.25) is 0 Å². The van der Waals surface area contributed by atoms with Crippen LogP contribution >= 0.6 is 0 Å². The van der Waals surface area contributed by atoms with Crippen molar-refractivity contribution in [1.29, 1.82) is 0 Å². The molecule has 2 aromatic rings. The van der Waals surface area contributed by atoms with Crippen LogP contribution in [0.15, 0.2) is 59.1 Å². The second-order valence-corrected chi connectivity index (χ2v) is 12.1. The average molecular weight is 590 g/mol. The molecular formula is C32H35N3O8. The number of carbonyl (C=O) groups excluding carboxylic acids is 3. The monoisotopic (exact) mass is 589 g/mol. The van der Waals surface area contributed by atoms with Gasteiger partial charge in [-0.3, -0.25) is 19.3 Å². The summed E-state index contributed by atoms with van der Waals surface area (Å²) in [6, 6.07) is 10.2. The Bertz CT molecular complexity index is 1600. The van der Waals surface area contributed by atoms with E-state index in [1.807, 2.05) is 18.2 Å². The highest BCUT2D eigenvalue weighted by Gasteiger charge is 2.62. The number of allylic oxidation sites excluding steroid dienone is 1. The maximum Gasteiger partial charge on any atom is 0.255 e. The van der Waals surface area contributed by atoms with Crippen molar-refractivity contribution in [3.63, 3.8) is 0 Å². The number of carbonyl (C=O) groups is 3. The van der Waals surface area contributed by atoms with Gasteiger partial charge >= 0.3 is 0 Å². The van der Waals surface area contributed by atoms with E-state index in [4.69, 9.17) is 16.2 Å². The van der Waals surface area contributed by atoms with Crippen LogP contribution in [0.4, 0.5) is 0 Å². The lowest BCUT2D eigenvalue weighted by Gasteiger charge is -2.47. The summed E-state index contributed by atoms with van der Waals surface area (Å²) in [5.41, 5.74) is 9.75. The van der Waals surface area contributed by atoms with E-state index >= 15 is 0 Å². The van der Waals surface area contributed by atoms with Gasteiger partial charge in [0, 0.05) is 42.3 Å². The molecule has 0 aliphatic heterocycles. The Morgan fingerprint density at radius 2 is 1.81 bits per heavy atom. The summed E-state index contributed by atoms with van der Waals surface area (Å²) in [6.07, 6.45) is 2.39. The van der Waals surface area contributed by atoms with E-state index in [-0.39, 0.29) is 29.7 Å². The number of hydrogen-bond acceptors (Lipinski definition) is 10. The number of phenols is 1. The molecule has 0 unspecified atom stereocenters. The van der Waals surface area contributed by atoms with Gasteiger partial charge in [0.15, 0.2) is 11.4 Å². The van der Waals surface area contributed by atoms with Gasteiger partial charge in [0.2, 0.25) is 5.78 Å². The SMILES string of the molecule is COc1c(CN(Cc2ccccc2)CC2CC2)cc(O)c2c1C[C@H]1C[C@H]3[C@H](N)C(O)=C(C(N)=O)C(=O)[C@@]3(O)C(O)=C1C2=O. The number of aliphatic hydroxyl groups excluding tert-OH is 2. The molecule has 43 heavy (non-hydrogen) atoms. The van der Waals surface area contributed by atoms with E-state index in [0.717, 1.165) is 24.9 Å². The predicted molar refractivity (Wildman–Crippen MR) is 154 cm³/mol. The number of rotatable bonds is 8. The first-order valence-corrected chi connectivity index (χ1v) is 14.4. The molecule has 11 nitrogen and oxygen atoms in total. The van der Waals surface area contributed by atoms with Crippen LogP contribution in [-0.2, 0) is 29.1 Å². The maximum absolute atomic E-state index is 13.9. The Kier molecular flexibility index (Phi) is 7.07. The molecule has 0 spiro atoms. The Labute approximate surface area is 248 Å². The van der Waals surface area contributed by atoms with Crippen molar-refractivity contribution >= 4 is 17.5 Å². The Hall–Kier alpha value is -4.19. The van der Waals surface area contributed by atoms with E-state index in [9.17, 15) is 34.8 Å². The number of hydrogen-bond donors (Lipinski definition) is 6. The number of nitrogens with two attached hydrogens (primary N) is 2. The fourth-order valence-corrected chi connectivity index (χ4v) is 7.13. The summed E-state index contributed by atoms with van der Waals surface area (Å²) in [5.74, 6) is -6.35. The third kappa shape index (κ3) is 4.59. The molecule has 0 heterocycles. The molecule has 4 atom stereocenters. The summed E-state index contributed by atoms with van der Waals surface area (Å²) in [4.78, 5) is 41.4. The standard InChI is InChI=1S/C32H35N3O8/c1-43-28-18(14-35(13-16-7-8-16)12-15-5-3-2-4-6-15)11-21(36)23-19(28)9-17-10-20-25(33)27(38)24(31(34)41)30(40)32(20,42)29(39)22(17)26(23)37/h2-6,11,16-17,20,25,36,38-39,42H,7-10,12-14,33H2,1H3,(H2,34,41)/t17-,20-,25-,32-/m0/s1. The fourth-order valence-electron chi connectivity index (χ4n) is 7.13. The van der Waals surface area contributed by atoms with Crippen molar-refractivity contribution in [2.75, 3.05) is 13.7 Å². The second kappa shape index (κ2) is 10.5. The summed E-state index contributed by atoms with van der Waals surface area (Å²) in [7, 11) is 1.50. The molecule has 0 bridgehead atoms. The van der Waals surface area contributed by atoms with Crippen molar-refractivity contribution in [3.8, 4) is 11.5 Å². The lowest BCUT2D eigenvalue weighted by Crippen LogP contribution is -2.63. The number of phenolic OH excluding ortho intramolecular Hbond substituents is 1. The zero-order valence-electron chi connectivity index (χ0n) is 23.7. The van der Waals surface area contributed by atoms with Gasteiger partial charge in [-0.25, -0.2) is 0 Å². The van der Waals surface area contributed by atoms with Crippen LogP contribution in [0.3, 0.4) is 0 Å². The minimum absolute atomic E-state index is 0.0694. The highest BCUT2D eigenvalue weighted by molar-refractivity contribution is 6.24. The molecule has 4 aliphatic carbocycles. The molecule has 0 radical (unpaired) electrons. The lowest BCUT2D eigenvalue weighted by atomic mass is 9.59. The van der Waals surface area contributed by atoms with Gasteiger partial charge in [-0.1, -0.05) is 30.3 Å². The van der Waals surface area contributed by atoms with Gasteiger partial charge in [-0.2, -0.15) is 0 Å². The predicted octanol–water partition coefficient (Wildman–Crippen LogP) is 1.94. The van der Waals surface area contributed by atoms with Gasteiger partial charge in [0.05, 0.1) is 18.7 Å². The zero-order valence-corrected chi connectivity index (χ0v) is 23.7. The number of Topliss-reactive ketones (excluding diaryl/α,β-unsaturated/α-hetero) is 2. The third-order valence-electron chi connectivity index (χ3n) is 9.34. The molecule has 1 saturated carbocycles. The number of benzene rings is 2. The van der Waals surface area contributed by atoms with E-state index in [2.05, 4.69) is 17.0 Å². The zero-order chi connectivity index (χ0) is 30.8. The Morgan fingerprint density at radius 3 is 2.44 bits per heavy atom. The van der Waals surface area contributed by atoms with Crippen LogP contribution in [0, 0.1) is 17.8 Å². The van der Waals surface area contributed by atoms with Crippen molar-refractivity contribution < 1.29 is 39.5 Å². The molecule has 0 saturated heterocycles. The number of ketones is 2. The van der Waals surface area contributed by atoms with E-state index in [1.54, 1.807) is 0 Å². The Morgan fingerprint density at radius 1 is 1.12 bits per heavy atom. The van der Waals surface area contributed by atoms with Gasteiger partial charge in [0.1, 0.15) is 28.6 Å². The van der Waals surface area contributed by atoms with Crippen molar-refractivity contribution in [3.05, 3.63) is 81.3 Å². The largest absolute Gasteiger partial charge is 0.510 e. The van der Waals surface area contributed by atoms with Crippen LogP contribution in [0.1, 0.15) is 46.3 Å². The summed E-state index contributed by atoms with van der Waals surface area (Å²) in [6.45, 7) is 2.02. The molecule has 1 amide bonds. The van der Waals surface area contributed by atoms with Crippen LogP contribution in [0.5, 0.6) is 11.5 Å². The number of nitrogens with zero attached hydrogens (tertiary/aromatic N) is 1. The summed E-state index contributed by atoms with van der Waals surface area (Å²) in [5, 5.41) is 44.5. The molecule has 6 rings (SSSR count). The molecule has 11 heteroatoms. The number of methoxy groups -OCH3 is 1. The lowest BCUT2D eigenvalue weighted by molar-refractivity contribution is -0.145. The number of fused-ring (bicyclic) bond motifs is 3. The number of aromatic hydroxyl groups is 1. The third-order valence-corrected chi connectivity index (χ3v) is 9.34. The van der Waals surface area contributed by atoms with Crippen molar-refractivity contribution in [2.24, 2.45) is 29.2 Å². The first-order valence-electron chi connectivity index (χ1n) is 14.4. The first-order chi connectivity index (χ1) is 20.5. The molecule has 0 aromatic heterocycles. The average Bonchev–Trinajstić information content (AvgIpc) is 3.78. The van der Waals surface area contributed by atoms with Crippen LogP contribution in [-0.4, -0.2) is 68.1 Å². The van der Waals surface area contributed by atoms with E-state index in [1.165, 1.54) is 13.2 Å². The van der Waals surface area contributed by atoms with Crippen molar-refractivity contribution in [1.82, 2.24) is 4.90 Å². The maximum atomic E-state index is 13.9. The molecule has 8 N–H and O–H groups in total. The van der Waals surface area contributed by atoms with Crippen LogP contribution in [0.25, 0.3) is 0 Å². The molecule has 2 aromatic carbocycles. The smallest absolute Gasteiger partial charge is 0.255 e. The van der Waals surface area contributed by atoms with E-state index < -0.39 is 58.0 Å². The second-order valence-electron chi connectivity index (χ2n) is 12.1. The molecular weight excluding hydrogens is 554 g/mol. The molecule has 226 valence electrons. The highest BCUT2D eigenvalue weighted by Crippen LogP contribution is 2.52. The fraction of sp³-hybridized carbons (Fsp3) is 0.406. The summed E-state index contributed by atoms with van der Waals surface area (Å²) >= 11 is 0. The summed E-state index contributed by atoms with van der Waals surface area (Å²) < 4.78 is 5.85. The molecule has 1 fully saturated rings. The van der Waals surface area contributed by atoms with Gasteiger partial charge < -0.3 is 36.6 Å². The number of aliphatic hydroxyl groups is 3. The van der Waals surface area contributed by atoms with Gasteiger partial charge in [0.25, 0.3) is 5.91 Å². The quantitative estimate of drug-likeness (QED) is 0.248. The topological polar surface area (TPSA) is 197 Å². The van der Waals surface area contributed by atoms with Gasteiger partial charge in [-0.05, 0) is 49.1 Å². The van der Waals surface area contributed by atoms with Gasteiger partial charge in [-0.15, -0.1) is 0 Å². The van der Waals surface area contributed by atoms with E-state index in [0.29, 0.717) is 35.9 Å². The minimum atomic E-state index is -2.74. The minimum Gasteiger partial charge on any atom is -0.510 e. The normalized spacial score (nSPS) is 26.7. The number of primary amides is 1. The first kappa shape index (κ1) is 28.9.